The van der Waals surface area contributed by atoms with Crippen LogP contribution in [0.3, 0.4) is 0 Å². The normalized spacial score (nSPS) is 11.7. The Morgan fingerprint density at radius 2 is 2.05 bits per heavy atom. The maximum absolute atomic E-state index is 12.3. The summed E-state index contributed by atoms with van der Waals surface area (Å²) in [5, 5.41) is -0.0700. The van der Waals surface area contributed by atoms with E-state index in [0.717, 1.165) is 6.26 Å². The minimum absolute atomic E-state index is 0.0700. The Bertz CT molecular complexity index is 759. The number of sulfone groups is 1. The zero-order chi connectivity index (χ0) is 16.3. The summed E-state index contributed by atoms with van der Waals surface area (Å²) < 4.78 is 58.5. The van der Waals surface area contributed by atoms with Gasteiger partial charge in [0, 0.05) is 25.2 Å². The van der Waals surface area contributed by atoms with Crippen molar-refractivity contribution in [3.8, 4) is 11.5 Å². The standard InChI is InChI=1S/C13H14F2N2O4S/c1-20-11-7-9(3-4-10(11)21-12(14)15)8-17-6-5-16-13(17)22(2,18)19/h3-7,12H,8H2,1-2H3. The predicted molar refractivity (Wildman–Crippen MR) is 74.1 cm³/mol. The first kappa shape index (κ1) is 16.2. The lowest BCUT2D eigenvalue weighted by Gasteiger charge is -2.12. The van der Waals surface area contributed by atoms with Crippen molar-refractivity contribution >= 4 is 9.84 Å². The van der Waals surface area contributed by atoms with Gasteiger partial charge in [0.1, 0.15) is 0 Å². The molecule has 2 aromatic rings. The molecule has 120 valence electrons. The molecule has 0 N–H and O–H groups in total. The number of methoxy groups -OCH3 is 1. The van der Waals surface area contributed by atoms with Crippen LogP contribution < -0.4 is 9.47 Å². The van der Waals surface area contributed by atoms with Gasteiger partial charge in [-0.2, -0.15) is 8.78 Å². The minimum atomic E-state index is -3.45. The van der Waals surface area contributed by atoms with E-state index in [2.05, 4.69) is 9.72 Å². The van der Waals surface area contributed by atoms with E-state index in [1.807, 2.05) is 0 Å². The summed E-state index contributed by atoms with van der Waals surface area (Å²) >= 11 is 0. The molecule has 2 rings (SSSR count). The van der Waals surface area contributed by atoms with Crippen molar-refractivity contribution in [1.82, 2.24) is 9.55 Å². The second-order valence-corrected chi connectivity index (χ2v) is 6.38. The van der Waals surface area contributed by atoms with Gasteiger partial charge in [-0.05, 0) is 17.7 Å². The predicted octanol–water partition coefficient (Wildman–Crippen LogP) is 1.94. The molecule has 6 nitrogen and oxygen atoms in total. The van der Waals surface area contributed by atoms with Gasteiger partial charge in [0.2, 0.25) is 15.0 Å². The molecular weight excluding hydrogens is 318 g/mol. The zero-order valence-electron chi connectivity index (χ0n) is 11.9. The highest BCUT2D eigenvalue weighted by molar-refractivity contribution is 7.90. The van der Waals surface area contributed by atoms with E-state index < -0.39 is 16.4 Å². The molecular formula is C13H14F2N2O4S. The SMILES string of the molecule is COc1cc(Cn2ccnc2S(C)(=O)=O)ccc1OC(F)F. The van der Waals surface area contributed by atoms with E-state index in [4.69, 9.17) is 4.74 Å². The molecule has 1 aromatic carbocycles. The van der Waals surface area contributed by atoms with E-state index in [9.17, 15) is 17.2 Å². The first-order valence-electron chi connectivity index (χ1n) is 6.14. The summed E-state index contributed by atoms with van der Waals surface area (Å²) in [6.07, 6.45) is 3.96. The summed E-state index contributed by atoms with van der Waals surface area (Å²) in [5.41, 5.74) is 0.654. The van der Waals surface area contributed by atoms with Crippen molar-refractivity contribution in [2.24, 2.45) is 0 Å². The number of nitrogens with zero attached hydrogens (tertiary/aromatic N) is 2. The molecule has 1 heterocycles. The average molecular weight is 332 g/mol. The fraction of sp³-hybridized carbons (Fsp3) is 0.308. The Morgan fingerprint density at radius 3 is 2.64 bits per heavy atom. The Hall–Kier alpha value is -2.16. The van der Waals surface area contributed by atoms with Crippen LogP contribution in [0, 0.1) is 0 Å². The molecule has 0 radical (unpaired) electrons. The topological polar surface area (TPSA) is 70.4 Å². The smallest absolute Gasteiger partial charge is 0.387 e. The maximum atomic E-state index is 12.3. The molecule has 0 aliphatic heterocycles. The highest BCUT2D eigenvalue weighted by atomic mass is 32.2. The number of hydrogen-bond donors (Lipinski definition) is 0. The number of benzene rings is 1. The quantitative estimate of drug-likeness (QED) is 0.808. The van der Waals surface area contributed by atoms with Gasteiger partial charge in [-0.1, -0.05) is 6.07 Å². The number of hydrogen-bond acceptors (Lipinski definition) is 5. The van der Waals surface area contributed by atoms with E-state index >= 15 is 0 Å². The first-order chi connectivity index (χ1) is 10.3. The van der Waals surface area contributed by atoms with Gasteiger partial charge in [-0.3, -0.25) is 0 Å². The van der Waals surface area contributed by atoms with Crippen LogP contribution in [0.4, 0.5) is 8.78 Å². The molecule has 0 amide bonds. The zero-order valence-corrected chi connectivity index (χ0v) is 12.7. The van der Waals surface area contributed by atoms with Crippen LogP contribution in [0.2, 0.25) is 0 Å². The number of alkyl halides is 2. The lowest BCUT2D eigenvalue weighted by molar-refractivity contribution is -0.0512. The van der Waals surface area contributed by atoms with E-state index in [1.165, 1.54) is 36.2 Å². The molecule has 22 heavy (non-hydrogen) atoms. The van der Waals surface area contributed by atoms with Gasteiger partial charge in [0.25, 0.3) is 0 Å². The van der Waals surface area contributed by atoms with Crippen LogP contribution in [-0.4, -0.2) is 37.9 Å². The van der Waals surface area contributed by atoms with Crippen molar-refractivity contribution < 1.29 is 26.7 Å². The van der Waals surface area contributed by atoms with Crippen molar-refractivity contribution in [2.45, 2.75) is 18.3 Å². The van der Waals surface area contributed by atoms with Crippen molar-refractivity contribution in [3.05, 3.63) is 36.2 Å². The van der Waals surface area contributed by atoms with Crippen molar-refractivity contribution in [3.63, 3.8) is 0 Å². The number of rotatable bonds is 6. The molecule has 0 atom stereocenters. The van der Waals surface area contributed by atoms with Crippen LogP contribution in [0.5, 0.6) is 11.5 Å². The van der Waals surface area contributed by atoms with Gasteiger partial charge in [0.15, 0.2) is 11.5 Å². The largest absolute Gasteiger partial charge is 0.493 e. The summed E-state index contributed by atoms with van der Waals surface area (Å²) in [6.45, 7) is -2.75. The Morgan fingerprint density at radius 1 is 1.32 bits per heavy atom. The van der Waals surface area contributed by atoms with Gasteiger partial charge in [0.05, 0.1) is 7.11 Å². The molecule has 0 spiro atoms. The highest BCUT2D eigenvalue weighted by Crippen LogP contribution is 2.29. The Labute approximate surface area is 126 Å². The van der Waals surface area contributed by atoms with Crippen LogP contribution in [0.1, 0.15) is 5.56 Å². The lowest BCUT2D eigenvalue weighted by Crippen LogP contribution is -2.10. The Kier molecular flexibility index (Phi) is 4.65. The maximum Gasteiger partial charge on any atom is 0.387 e. The van der Waals surface area contributed by atoms with E-state index in [1.54, 1.807) is 6.07 Å². The van der Waals surface area contributed by atoms with Gasteiger partial charge in [-0.15, -0.1) is 0 Å². The molecule has 0 saturated heterocycles. The highest BCUT2D eigenvalue weighted by Gasteiger charge is 2.16. The molecule has 0 aliphatic rings. The second-order valence-electron chi connectivity index (χ2n) is 4.47. The third-order valence-corrected chi connectivity index (χ3v) is 3.81. The van der Waals surface area contributed by atoms with E-state index in [-0.39, 0.29) is 23.2 Å². The van der Waals surface area contributed by atoms with Crippen molar-refractivity contribution in [1.29, 1.82) is 0 Å². The second kappa shape index (κ2) is 6.30. The number of imidazole rings is 1. The molecule has 0 bridgehead atoms. The van der Waals surface area contributed by atoms with Crippen LogP contribution in [0.15, 0.2) is 35.7 Å². The number of aromatic nitrogens is 2. The van der Waals surface area contributed by atoms with Crippen LogP contribution in [-0.2, 0) is 16.4 Å². The van der Waals surface area contributed by atoms with Gasteiger partial charge >= 0.3 is 6.61 Å². The minimum Gasteiger partial charge on any atom is -0.493 e. The van der Waals surface area contributed by atoms with Crippen LogP contribution in [0.25, 0.3) is 0 Å². The third-order valence-electron chi connectivity index (χ3n) is 2.81. The molecule has 9 heteroatoms. The molecule has 1 aromatic heterocycles. The number of halogens is 2. The molecule has 0 aliphatic carbocycles. The van der Waals surface area contributed by atoms with Crippen LogP contribution >= 0.6 is 0 Å². The first-order valence-corrected chi connectivity index (χ1v) is 8.03. The summed E-state index contributed by atoms with van der Waals surface area (Å²) in [5.74, 6) is 0.0500. The van der Waals surface area contributed by atoms with E-state index in [0.29, 0.717) is 5.56 Å². The monoisotopic (exact) mass is 332 g/mol. The molecule has 0 fully saturated rings. The summed E-state index contributed by atoms with van der Waals surface area (Å²) in [4.78, 5) is 3.80. The third kappa shape index (κ3) is 3.73. The fourth-order valence-corrected chi connectivity index (χ4v) is 2.75. The van der Waals surface area contributed by atoms with Crippen molar-refractivity contribution in [2.75, 3.05) is 13.4 Å². The summed E-state index contributed by atoms with van der Waals surface area (Å²) in [7, 11) is -2.12. The lowest BCUT2D eigenvalue weighted by atomic mass is 10.2. The molecule has 0 unspecified atom stereocenters. The summed E-state index contributed by atoms with van der Waals surface area (Å²) in [6, 6.07) is 4.40. The number of ether oxygens (including phenoxy) is 2. The Balaban J connectivity index is 2.30. The van der Waals surface area contributed by atoms with Gasteiger partial charge < -0.3 is 14.0 Å². The molecule has 0 saturated carbocycles. The average Bonchev–Trinajstić information content (AvgIpc) is 2.88. The van der Waals surface area contributed by atoms with Gasteiger partial charge in [-0.25, -0.2) is 13.4 Å². The fourth-order valence-electron chi connectivity index (χ4n) is 1.94.